The van der Waals surface area contributed by atoms with E-state index in [2.05, 4.69) is 5.32 Å². The molecule has 0 saturated carbocycles. The predicted molar refractivity (Wildman–Crippen MR) is 84.3 cm³/mol. The van der Waals surface area contributed by atoms with Gasteiger partial charge in [0.2, 0.25) is 11.8 Å². The highest BCUT2D eigenvalue weighted by atomic mass is 16.6. The normalized spacial score (nSPS) is 11.4. The summed E-state index contributed by atoms with van der Waals surface area (Å²) >= 11 is 0. The van der Waals surface area contributed by atoms with Crippen LogP contribution in [0.25, 0.3) is 0 Å². The Morgan fingerprint density at radius 2 is 1.96 bits per heavy atom. The molecule has 0 fully saturated rings. The summed E-state index contributed by atoms with van der Waals surface area (Å²) in [6.07, 6.45) is -0.297. The standard InChI is InChI=1S/C15H19N3O6/c1-10(15(21)22)17(8-7-16-11(2)19)14(20)9-12-5-3-4-6-13(12)18(23)24/h3-6,10H,7-9H2,1-2H3,(H,16,19)(H,21,22). The van der Waals surface area contributed by atoms with E-state index in [1.54, 1.807) is 6.07 Å². The number of amides is 2. The first-order valence-electron chi connectivity index (χ1n) is 7.23. The van der Waals surface area contributed by atoms with Crippen molar-refractivity contribution in [3.8, 4) is 0 Å². The van der Waals surface area contributed by atoms with Crippen LogP contribution in [0.3, 0.4) is 0 Å². The number of nitrogens with one attached hydrogen (secondary N) is 1. The first kappa shape index (κ1) is 19.1. The third kappa shape index (κ3) is 5.34. The summed E-state index contributed by atoms with van der Waals surface area (Å²) in [6.45, 7) is 2.73. The van der Waals surface area contributed by atoms with Crippen molar-refractivity contribution in [2.45, 2.75) is 26.3 Å². The first-order valence-corrected chi connectivity index (χ1v) is 7.23. The number of carboxylic acids is 1. The minimum atomic E-state index is -1.20. The number of benzene rings is 1. The van der Waals surface area contributed by atoms with Gasteiger partial charge in [-0.25, -0.2) is 4.79 Å². The summed E-state index contributed by atoms with van der Waals surface area (Å²) in [5.74, 6) is -2.07. The molecule has 0 aliphatic carbocycles. The monoisotopic (exact) mass is 337 g/mol. The van der Waals surface area contributed by atoms with Gasteiger partial charge in [-0.3, -0.25) is 19.7 Å². The zero-order valence-electron chi connectivity index (χ0n) is 13.4. The molecule has 2 amide bonds. The lowest BCUT2D eigenvalue weighted by Gasteiger charge is -2.26. The second kappa shape index (κ2) is 8.61. The molecule has 0 heterocycles. The van der Waals surface area contributed by atoms with Crippen LogP contribution in [0.5, 0.6) is 0 Å². The summed E-state index contributed by atoms with van der Waals surface area (Å²) < 4.78 is 0. The smallest absolute Gasteiger partial charge is 0.326 e. The Morgan fingerprint density at radius 1 is 1.33 bits per heavy atom. The fraction of sp³-hybridized carbons (Fsp3) is 0.400. The van der Waals surface area contributed by atoms with Crippen LogP contribution in [0.15, 0.2) is 24.3 Å². The van der Waals surface area contributed by atoms with Gasteiger partial charge in [-0.15, -0.1) is 0 Å². The second-order valence-electron chi connectivity index (χ2n) is 5.15. The number of aliphatic carboxylic acids is 1. The lowest BCUT2D eigenvalue weighted by molar-refractivity contribution is -0.385. The summed E-state index contributed by atoms with van der Waals surface area (Å²) in [7, 11) is 0. The number of hydrogen-bond acceptors (Lipinski definition) is 5. The van der Waals surface area contributed by atoms with Crippen molar-refractivity contribution in [1.82, 2.24) is 10.2 Å². The first-order chi connectivity index (χ1) is 11.2. The minimum Gasteiger partial charge on any atom is -0.480 e. The van der Waals surface area contributed by atoms with Gasteiger partial charge in [-0.1, -0.05) is 18.2 Å². The molecule has 0 radical (unpaired) electrons. The van der Waals surface area contributed by atoms with Gasteiger partial charge >= 0.3 is 5.97 Å². The van der Waals surface area contributed by atoms with E-state index in [1.165, 1.54) is 32.0 Å². The molecule has 1 unspecified atom stereocenters. The lowest BCUT2D eigenvalue weighted by Crippen LogP contribution is -2.47. The van der Waals surface area contributed by atoms with E-state index in [9.17, 15) is 24.5 Å². The molecule has 2 N–H and O–H groups in total. The Labute approximate surface area is 138 Å². The number of carbonyl (C=O) groups is 3. The lowest BCUT2D eigenvalue weighted by atomic mass is 10.1. The molecule has 0 bridgehead atoms. The molecule has 9 nitrogen and oxygen atoms in total. The number of carbonyl (C=O) groups excluding carboxylic acids is 2. The van der Waals surface area contributed by atoms with E-state index >= 15 is 0 Å². The van der Waals surface area contributed by atoms with Gasteiger partial charge in [0.25, 0.3) is 5.69 Å². The Kier molecular flexibility index (Phi) is 6.84. The molecule has 0 aliphatic heterocycles. The van der Waals surface area contributed by atoms with Gasteiger partial charge < -0.3 is 15.3 Å². The number of nitro benzene ring substituents is 1. The van der Waals surface area contributed by atoms with Crippen molar-refractivity contribution in [3.05, 3.63) is 39.9 Å². The molecular formula is C15H19N3O6. The second-order valence-corrected chi connectivity index (χ2v) is 5.15. The molecule has 1 atom stereocenters. The van der Waals surface area contributed by atoms with Crippen LogP contribution in [-0.2, 0) is 20.8 Å². The summed E-state index contributed by atoms with van der Waals surface area (Å²) in [6, 6.07) is 4.67. The van der Waals surface area contributed by atoms with Gasteiger partial charge in [-0.2, -0.15) is 0 Å². The van der Waals surface area contributed by atoms with Crippen LogP contribution in [0.4, 0.5) is 5.69 Å². The molecule has 130 valence electrons. The van der Waals surface area contributed by atoms with Gasteiger partial charge in [0.1, 0.15) is 6.04 Å². The molecule has 9 heteroatoms. The Morgan fingerprint density at radius 3 is 2.50 bits per heavy atom. The zero-order chi connectivity index (χ0) is 18.3. The number of hydrogen-bond donors (Lipinski definition) is 2. The van der Waals surface area contributed by atoms with Crippen molar-refractivity contribution in [2.24, 2.45) is 0 Å². The Bertz CT molecular complexity index is 646. The summed E-state index contributed by atoms with van der Waals surface area (Å²) in [5, 5.41) is 22.6. The van der Waals surface area contributed by atoms with Crippen molar-refractivity contribution in [1.29, 1.82) is 0 Å². The maximum absolute atomic E-state index is 12.4. The van der Waals surface area contributed by atoms with Crippen LogP contribution in [0.1, 0.15) is 19.4 Å². The van der Waals surface area contributed by atoms with Crippen LogP contribution >= 0.6 is 0 Å². The van der Waals surface area contributed by atoms with Crippen molar-refractivity contribution >= 4 is 23.5 Å². The molecule has 1 rings (SSSR count). The number of para-hydroxylation sites is 1. The summed E-state index contributed by atoms with van der Waals surface area (Å²) in [4.78, 5) is 46.0. The van der Waals surface area contributed by atoms with Crippen LogP contribution < -0.4 is 5.32 Å². The van der Waals surface area contributed by atoms with Crippen molar-refractivity contribution < 1.29 is 24.4 Å². The number of rotatable bonds is 8. The maximum atomic E-state index is 12.4. The molecule has 24 heavy (non-hydrogen) atoms. The predicted octanol–water partition coefficient (Wildman–Crippen LogP) is 0.575. The summed E-state index contributed by atoms with van der Waals surface area (Å²) in [5.41, 5.74) is 0.00487. The average molecular weight is 337 g/mol. The van der Waals surface area contributed by atoms with E-state index in [0.717, 1.165) is 4.90 Å². The minimum absolute atomic E-state index is 0.00743. The van der Waals surface area contributed by atoms with Crippen LogP contribution in [-0.4, -0.2) is 51.8 Å². The molecule has 0 saturated heterocycles. The van der Waals surface area contributed by atoms with Gasteiger partial charge in [0.15, 0.2) is 0 Å². The number of carboxylic acid groups (broad SMARTS) is 1. The van der Waals surface area contributed by atoms with Gasteiger partial charge in [0, 0.05) is 31.6 Å². The zero-order valence-corrected chi connectivity index (χ0v) is 13.4. The number of nitrogens with zero attached hydrogens (tertiary/aromatic N) is 2. The van der Waals surface area contributed by atoms with Gasteiger partial charge in [-0.05, 0) is 6.92 Å². The van der Waals surface area contributed by atoms with Crippen molar-refractivity contribution in [3.63, 3.8) is 0 Å². The highest BCUT2D eigenvalue weighted by Crippen LogP contribution is 2.19. The van der Waals surface area contributed by atoms with Gasteiger partial charge in [0.05, 0.1) is 11.3 Å². The highest BCUT2D eigenvalue weighted by Gasteiger charge is 2.27. The third-order valence-electron chi connectivity index (χ3n) is 3.40. The van der Waals surface area contributed by atoms with Crippen LogP contribution in [0, 0.1) is 10.1 Å². The SMILES string of the molecule is CC(=O)NCCN(C(=O)Cc1ccccc1[N+](=O)[O-])C(C)C(=O)O. The molecule has 1 aromatic rings. The fourth-order valence-electron chi connectivity index (χ4n) is 2.12. The van der Waals surface area contributed by atoms with E-state index in [1.807, 2.05) is 0 Å². The van der Waals surface area contributed by atoms with E-state index in [4.69, 9.17) is 5.11 Å². The topological polar surface area (TPSA) is 130 Å². The average Bonchev–Trinajstić information content (AvgIpc) is 2.50. The van der Waals surface area contributed by atoms with E-state index in [0.29, 0.717) is 0 Å². The fourth-order valence-corrected chi connectivity index (χ4v) is 2.12. The molecular weight excluding hydrogens is 318 g/mol. The molecule has 0 aromatic heterocycles. The largest absolute Gasteiger partial charge is 0.480 e. The molecule has 1 aromatic carbocycles. The molecule has 0 spiro atoms. The third-order valence-corrected chi connectivity index (χ3v) is 3.40. The Balaban J connectivity index is 2.93. The van der Waals surface area contributed by atoms with E-state index in [-0.39, 0.29) is 36.7 Å². The van der Waals surface area contributed by atoms with E-state index < -0.39 is 22.8 Å². The van der Waals surface area contributed by atoms with Crippen molar-refractivity contribution in [2.75, 3.05) is 13.1 Å². The van der Waals surface area contributed by atoms with Crippen LogP contribution in [0.2, 0.25) is 0 Å². The highest BCUT2D eigenvalue weighted by molar-refractivity contribution is 5.85. The number of nitro groups is 1. The maximum Gasteiger partial charge on any atom is 0.326 e. The Hall–Kier alpha value is -2.97. The quantitative estimate of drug-likeness (QED) is 0.527. The molecule has 0 aliphatic rings.